The maximum atomic E-state index is 5.22. The summed E-state index contributed by atoms with van der Waals surface area (Å²) in [5.41, 5.74) is 10.7. The second kappa shape index (κ2) is 9.83. The predicted molar refractivity (Wildman–Crippen MR) is 164 cm³/mol. The minimum absolute atomic E-state index is 0.695. The second-order valence-corrected chi connectivity index (χ2v) is 10.1. The van der Waals surface area contributed by atoms with Crippen LogP contribution >= 0.6 is 0 Å². The molecule has 0 aliphatic heterocycles. The van der Waals surface area contributed by atoms with E-state index in [0.29, 0.717) is 5.82 Å². The molecular weight excluding hydrogens is 488 g/mol. The van der Waals surface area contributed by atoms with Gasteiger partial charge in [0.25, 0.3) is 0 Å². The normalized spacial score (nSPS) is 11.2. The minimum Gasteiger partial charge on any atom is -0.251 e. The molecule has 190 valence electrons. The molecule has 3 aromatic heterocycles. The molecule has 0 saturated heterocycles. The SMILES string of the molecule is Cc1ccc2ccc3c(C)cc(-c4ccccc4-c4cc(-c5ccccc5)nc(-c5ccccc5)n4)nc3c2n1. The number of pyridine rings is 2. The average molecular weight is 515 g/mol. The van der Waals surface area contributed by atoms with E-state index >= 15 is 0 Å². The summed E-state index contributed by atoms with van der Waals surface area (Å²) in [5.74, 6) is 0.695. The number of fused-ring (bicyclic) bond motifs is 3. The van der Waals surface area contributed by atoms with Crippen molar-refractivity contribution in [3.05, 3.63) is 133 Å². The highest BCUT2D eigenvalue weighted by Crippen LogP contribution is 2.36. The van der Waals surface area contributed by atoms with Crippen LogP contribution in [0.4, 0.5) is 0 Å². The first-order chi connectivity index (χ1) is 19.6. The lowest BCUT2D eigenvalue weighted by molar-refractivity contribution is 1.18. The van der Waals surface area contributed by atoms with E-state index in [2.05, 4.69) is 73.7 Å². The third kappa shape index (κ3) is 4.30. The molecule has 0 aliphatic rings. The Labute approximate surface area is 233 Å². The van der Waals surface area contributed by atoms with E-state index < -0.39 is 0 Å². The fourth-order valence-electron chi connectivity index (χ4n) is 5.26. The molecule has 7 rings (SSSR count). The van der Waals surface area contributed by atoms with Gasteiger partial charge in [0.2, 0.25) is 0 Å². The Morgan fingerprint density at radius 1 is 0.450 bits per heavy atom. The maximum Gasteiger partial charge on any atom is 0.160 e. The van der Waals surface area contributed by atoms with E-state index in [1.54, 1.807) is 0 Å². The van der Waals surface area contributed by atoms with Crippen LogP contribution in [0.15, 0.2) is 121 Å². The van der Waals surface area contributed by atoms with Crippen molar-refractivity contribution in [1.29, 1.82) is 0 Å². The van der Waals surface area contributed by atoms with E-state index in [4.69, 9.17) is 19.9 Å². The highest BCUT2D eigenvalue weighted by Gasteiger charge is 2.16. The molecule has 0 amide bonds. The van der Waals surface area contributed by atoms with Gasteiger partial charge in [-0.05, 0) is 37.6 Å². The van der Waals surface area contributed by atoms with Gasteiger partial charge in [0.15, 0.2) is 5.82 Å². The van der Waals surface area contributed by atoms with Gasteiger partial charge in [-0.2, -0.15) is 0 Å². The van der Waals surface area contributed by atoms with Gasteiger partial charge in [0.1, 0.15) is 0 Å². The third-order valence-corrected chi connectivity index (χ3v) is 7.29. The third-order valence-electron chi connectivity index (χ3n) is 7.29. The van der Waals surface area contributed by atoms with Crippen molar-refractivity contribution in [2.24, 2.45) is 0 Å². The van der Waals surface area contributed by atoms with Crippen LogP contribution in [0.1, 0.15) is 11.3 Å². The summed E-state index contributed by atoms with van der Waals surface area (Å²) in [6, 6.07) is 41.4. The fraction of sp³-hybridized carbons (Fsp3) is 0.0556. The van der Waals surface area contributed by atoms with Crippen molar-refractivity contribution in [2.45, 2.75) is 13.8 Å². The number of aryl methyl sites for hydroxylation is 2. The second-order valence-electron chi connectivity index (χ2n) is 10.1. The summed E-state index contributed by atoms with van der Waals surface area (Å²) >= 11 is 0. The molecule has 0 bridgehead atoms. The van der Waals surface area contributed by atoms with Gasteiger partial charge in [0, 0.05) is 38.7 Å². The molecule has 0 saturated carbocycles. The summed E-state index contributed by atoms with van der Waals surface area (Å²) in [5, 5.41) is 2.21. The monoisotopic (exact) mass is 514 g/mol. The number of hydrogen-bond acceptors (Lipinski definition) is 4. The molecule has 4 heteroatoms. The number of benzene rings is 4. The van der Waals surface area contributed by atoms with Crippen molar-refractivity contribution in [3.63, 3.8) is 0 Å². The molecule has 0 radical (unpaired) electrons. The molecule has 0 atom stereocenters. The first kappa shape index (κ1) is 23.9. The Morgan fingerprint density at radius 3 is 1.77 bits per heavy atom. The van der Waals surface area contributed by atoms with Gasteiger partial charge in [-0.15, -0.1) is 0 Å². The van der Waals surface area contributed by atoms with Crippen molar-refractivity contribution < 1.29 is 0 Å². The first-order valence-corrected chi connectivity index (χ1v) is 13.4. The number of hydrogen-bond donors (Lipinski definition) is 0. The molecule has 40 heavy (non-hydrogen) atoms. The summed E-state index contributed by atoms with van der Waals surface area (Å²) < 4.78 is 0. The van der Waals surface area contributed by atoms with Gasteiger partial charge >= 0.3 is 0 Å². The topological polar surface area (TPSA) is 51.6 Å². The van der Waals surface area contributed by atoms with Crippen molar-refractivity contribution in [2.75, 3.05) is 0 Å². The van der Waals surface area contributed by atoms with Gasteiger partial charge in [-0.1, -0.05) is 103 Å². The predicted octanol–water partition coefficient (Wildman–Crippen LogP) is 8.86. The van der Waals surface area contributed by atoms with Crippen LogP contribution in [0, 0.1) is 13.8 Å². The first-order valence-electron chi connectivity index (χ1n) is 13.4. The average Bonchev–Trinajstić information content (AvgIpc) is 3.01. The summed E-state index contributed by atoms with van der Waals surface area (Å²) in [7, 11) is 0. The Morgan fingerprint density at radius 2 is 1.05 bits per heavy atom. The molecule has 0 aliphatic carbocycles. The van der Waals surface area contributed by atoms with Crippen molar-refractivity contribution in [1.82, 2.24) is 19.9 Å². The Kier molecular flexibility index (Phi) is 5.86. The Balaban J connectivity index is 1.47. The number of nitrogens with zero attached hydrogens (tertiary/aromatic N) is 4. The quantitative estimate of drug-likeness (QED) is 0.220. The van der Waals surface area contributed by atoms with E-state index in [-0.39, 0.29) is 0 Å². The van der Waals surface area contributed by atoms with Gasteiger partial charge in [0.05, 0.1) is 28.1 Å². The molecule has 7 aromatic rings. The van der Waals surface area contributed by atoms with Crippen LogP contribution in [0.5, 0.6) is 0 Å². The zero-order valence-electron chi connectivity index (χ0n) is 22.3. The zero-order chi connectivity index (χ0) is 27.1. The standard InChI is InChI=1S/C36H26N4/c1-23-21-32(38-35-28(23)20-19-26-18-17-24(2)37-34(26)35)29-15-9-10-16-30(29)33-22-31(25-11-5-3-6-12-25)39-36(40-33)27-13-7-4-8-14-27/h3-22H,1-2H3. The Hall–Kier alpha value is -5.22. The van der Waals surface area contributed by atoms with E-state index in [9.17, 15) is 0 Å². The highest BCUT2D eigenvalue weighted by molar-refractivity contribution is 6.05. The molecule has 0 N–H and O–H groups in total. The lowest BCUT2D eigenvalue weighted by atomic mass is 9.97. The van der Waals surface area contributed by atoms with Gasteiger partial charge in [-0.3, -0.25) is 4.98 Å². The van der Waals surface area contributed by atoms with Crippen LogP contribution in [-0.4, -0.2) is 19.9 Å². The number of aromatic nitrogens is 4. The summed E-state index contributed by atoms with van der Waals surface area (Å²) in [4.78, 5) is 20.1. The molecule has 0 fully saturated rings. The van der Waals surface area contributed by atoms with E-state index in [0.717, 1.165) is 72.4 Å². The smallest absolute Gasteiger partial charge is 0.160 e. The maximum absolute atomic E-state index is 5.22. The summed E-state index contributed by atoms with van der Waals surface area (Å²) in [6.07, 6.45) is 0. The largest absolute Gasteiger partial charge is 0.251 e. The van der Waals surface area contributed by atoms with E-state index in [1.807, 2.05) is 61.5 Å². The molecular formula is C36H26N4. The van der Waals surface area contributed by atoms with Crippen LogP contribution in [0.2, 0.25) is 0 Å². The lowest BCUT2D eigenvalue weighted by Crippen LogP contribution is -1.98. The van der Waals surface area contributed by atoms with E-state index in [1.165, 1.54) is 0 Å². The fourth-order valence-corrected chi connectivity index (χ4v) is 5.26. The molecule has 0 spiro atoms. The van der Waals surface area contributed by atoms with Crippen LogP contribution in [0.3, 0.4) is 0 Å². The highest BCUT2D eigenvalue weighted by atomic mass is 14.9. The molecule has 0 unspecified atom stereocenters. The van der Waals surface area contributed by atoms with Crippen LogP contribution in [-0.2, 0) is 0 Å². The molecule has 4 aromatic carbocycles. The van der Waals surface area contributed by atoms with Crippen molar-refractivity contribution >= 4 is 21.8 Å². The molecule has 3 heterocycles. The minimum atomic E-state index is 0.695. The lowest BCUT2D eigenvalue weighted by Gasteiger charge is -2.14. The van der Waals surface area contributed by atoms with Gasteiger partial charge in [-0.25, -0.2) is 15.0 Å². The van der Waals surface area contributed by atoms with Crippen LogP contribution < -0.4 is 0 Å². The van der Waals surface area contributed by atoms with Crippen molar-refractivity contribution in [3.8, 4) is 45.2 Å². The van der Waals surface area contributed by atoms with Gasteiger partial charge < -0.3 is 0 Å². The Bertz CT molecular complexity index is 1960. The molecule has 4 nitrogen and oxygen atoms in total. The zero-order valence-corrected chi connectivity index (χ0v) is 22.3. The summed E-state index contributed by atoms with van der Waals surface area (Å²) in [6.45, 7) is 4.16. The van der Waals surface area contributed by atoms with Crippen LogP contribution in [0.25, 0.3) is 67.0 Å². The number of rotatable bonds is 4.